The minimum atomic E-state index is -0.613. The van der Waals surface area contributed by atoms with E-state index in [1.54, 1.807) is 36.7 Å². The Morgan fingerprint density at radius 2 is 1.97 bits per heavy atom. The van der Waals surface area contributed by atoms with E-state index in [0.29, 0.717) is 28.6 Å². The first-order chi connectivity index (χ1) is 15.9. The lowest BCUT2D eigenvalue weighted by atomic mass is 10.0. The van der Waals surface area contributed by atoms with Crippen LogP contribution >= 0.6 is 0 Å². The van der Waals surface area contributed by atoms with E-state index in [1.807, 2.05) is 25.1 Å². The molecular formula is C24H24F2N6O. The van der Waals surface area contributed by atoms with E-state index in [1.165, 1.54) is 12.1 Å². The maximum absolute atomic E-state index is 13.4. The Kier molecular flexibility index (Phi) is 6.50. The molecule has 0 spiro atoms. The molecule has 9 heteroatoms. The maximum atomic E-state index is 13.4. The second-order valence-electron chi connectivity index (χ2n) is 7.56. The average molecular weight is 450 g/mol. The van der Waals surface area contributed by atoms with E-state index < -0.39 is 11.6 Å². The zero-order valence-electron chi connectivity index (χ0n) is 18.3. The minimum Gasteiger partial charge on any atom is -0.457 e. The third-order valence-electron chi connectivity index (χ3n) is 5.01. The van der Waals surface area contributed by atoms with E-state index >= 15 is 0 Å². The van der Waals surface area contributed by atoms with Gasteiger partial charge in [-0.05, 0) is 36.8 Å². The second-order valence-corrected chi connectivity index (χ2v) is 7.56. The lowest BCUT2D eigenvalue weighted by Crippen LogP contribution is -2.39. The summed E-state index contributed by atoms with van der Waals surface area (Å²) >= 11 is 0. The number of halogens is 2. The predicted molar refractivity (Wildman–Crippen MR) is 125 cm³/mol. The van der Waals surface area contributed by atoms with Crippen molar-refractivity contribution in [2.75, 3.05) is 12.4 Å². The van der Waals surface area contributed by atoms with Gasteiger partial charge in [0, 0.05) is 48.7 Å². The minimum absolute atomic E-state index is 0.163. The molecule has 33 heavy (non-hydrogen) atoms. The van der Waals surface area contributed by atoms with Crippen molar-refractivity contribution in [1.82, 2.24) is 20.8 Å². The van der Waals surface area contributed by atoms with Gasteiger partial charge in [-0.1, -0.05) is 18.7 Å². The van der Waals surface area contributed by atoms with Crippen molar-refractivity contribution in [1.29, 1.82) is 0 Å². The Bertz CT molecular complexity index is 1180. The van der Waals surface area contributed by atoms with Crippen LogP contribution in [0, 0.1) is 18.6 Å². The highest BCUT2D eigenvalue weighted by Crippen LogP contribution is 2.30. The molecule has 0 amide bonds. The van der Waals surface area contributed by atoms with Crippen molar-refractivity contribution in [3.8, 4) is 11.5 Å². The SMILES string of the molecule is C=C(NCc1cc(F)cc(F)c1)c1cccc(Oc2ccnc(NC3C=NN(C)N3)c2)c1C. The van der Waals surface area contributed by atoms with Gasteiger partial charge < -0.3 is 15.4 Å². The number of nitrogens with one attached hydrogen (secondary N) is 3. The van der Waals surface area contributed by atoms with Crippen LogP contribution in [0.3, 0.4) is 0 Å². The van der Waals surface area contributed by atoms with Gasteiger partial charge in [0.2, 0.25) is 0 Å². The van der Waals surface area contributed by atoms with E-state index in [9.17, 15) is 8.78 Å². The number of aromatic nitrogens is 1. The van der Waals surface area contributed by atoms with Crippen molar-refractivity contribution in [2.45, 2.75) is 19.6 Å². The van der Waals surface area contributed by atoms with Gasteiger partial charge in [-0.15, -0.1) is 0 Å². The molecule has 1 aliphatic rings. The largest absolute Gasteiger partial charge is 0.457 e. The molecule has 0 fully saturated rings. The van der Waals surface area contributed by atoms with Crippen LogP contribution in [-0.4, -0.2) is 29.5 Å². The average Bonchev–Trinajstić information content (AvgIpc) is 3.17. The fourth-order valence-corrected chi connectivity index (χ4v) is 3.41. The van der Waals surface area contributed by atoms with E-state index in [4.69, 9.17) is 4.74 Å². The monoisotopic (exact) mass is 450 g/mol. The summed E-state index contributed by atoms with van der Waals surface area (Å²) in [6.07, 6.45) is 3.23. The Morgan fingerprint density at radius 3 is 2.70 bits per heavy atom. The Labute approximate surface area is 190 Å². The zero-order valence-corrected chi connectivity index (χ0v) is 18.3. The molecule has 0 bridgehead atoms. The first-order valence-electron chi connectivity index (χ1n) is 10.3. The van der Waals surface area contributed by atoms with Crippen LogP contribution < -0.4 is 20.8 Å². The van der Waals surface area contributed by atoms with Crippen molar-refractivity contribution in [2.24, 2.45) is 5.10 Å². The van der Waals surface area contributed by atoms with Crippen LogP contribution in [-0.2, 0) is 6.54 Å². The lowest BCUT2D eigenvalue weighted by Gasteiger charge is -2.17. The molecule has 0 saturated heterocycles. The molecular weight excluding hydrogens is 426 g/mol. The molecule has 1 unspecified atom stereocenters. The molecule has 7 nitrogen and oxygen atoms in total. The molecule has 170 valence electrons. The number of hydrazone groups is 1. The number of ether oxygens (including phenoxy) is 1. The van der Waals surface area contributed by atoms with Crippen molar-refractivity contribution < 1.29 is 13.5 Å². The number of hydrogen-bond acceptors (Lipinski definition) is 7. The summed E-state index contributed by atoms with van der Waals surface area (Å²) in [7, 11) is 1.81. The Balaban J connectivity index is 1.44. The molecule has 2 aromatic carbocycles. The molecule has 3 aromatic rings. The summed E-state index contributed by atoms with van der Waals surface area (Å²) in [5.41, 5.74) is 5.91. The van der Waals surface area contributed by atoms with Gasteiger partial charge in [0.1, 0.15) is 35.1 Å². The summed E-state index contributed by atoms with van der Waals surface area (Å²) in [5.74, 6) is 0.680. The van der Waals surface area contributed by atoms with Crippen LogP contribution in [0.2, 0.25) is 0 Å². The first kappa shape index (κ1) is 22.2. The van der Waals surface area contributed by atoms with Crippen LogP contribution in [0.1, 0.15) is 16.7 Å². The summed E-state index contributed by atoms with van der Waals surface area (Å²) in [4.78, 5) is 4.31. The van der Waals surface area contributed by atoms with E-state index in [2.05, 4.69) is 32.7 Å². The number of pyridine rings is 1. The van der Waals surface area contributed by atoms with Crippen LogP contribution in [0.15, 0.2) is 66.4 Å². The predicted octanol–water partition coefficient (Wildman–Crippen LogP) is 4.39. The van der Waals surface area contributed by atoms with E-state index in [0.717, 1.165) is 17.2 Å². The number of hydrazine groups is 1. The molecule has 0 radical (unpaired) electrons. The zero-order chi connectivity index (χ0) is 23.4. The molecule has 2 heterocycles. The summed E-state index contributed by atoms with van der Waals surface area (Å²) in [6.45, 7) is 6.24. The molecule has 0 aliphatic carbocycles. The molecule has 3 N–H and O–H groups in total. The third-order valence-corrected chi connectivity index (χ3v) is 5.01. The number of benzene rings is 2. The van der Waals surface area contributed by atoms with Gasteiger partial charge in [-0.2, -0.15) is 10.5 Å². The van der Waals surface area contributed by atoms with Gasteiger partial charge in [0.05, 0.1) is 6.21 Å². The standard InChI is InChI=1S/C24H24F2N6O/c1-15-21(16(2)28-13-17-9-18(25)11-19(26)10-17)5-4-6-22(15)33-20-7-8-27-23(12-20)30-24-14-29-32(3)31-24/h4-12,14,24,28,31H,2,13H2,1,3H3,(H,27,30). The molecule has 0 saturated carbocycles. The highest BCUT2D eigenvalue weighted by atomic mass is 19.1. The highest BCUT2D eigenvalue weighted by molar-refractivity contribution is 5.69. The van der Waals surface area contributed by atoms with Crippen LogP contribution in [0.5, 0.6) is 11.5 Å². The quantitative estimate of drug-likeness (QED) is 0.473. The Hall–Kier alpha value is -3.98. The number of rotatable bonds is 8. The van der Waals surface area contributed by atoms with Gasteiger partial charge in [-0.3, -0.25) is 0 Å². The summed E-state index contributed by atoms with van der Waals surface area (Å²) < 4.78 is 33.0. The second kappa shape index (κ2) is 9.66. The van der Waals surface area contributed by atoms with Crippen LogP contribution in [0.4, 0.5) is 14.6 Å². The highest BCUT2D eigenvalue weighted by Gasteiger charge is 2.14. The molecule has 1 aliphatic heterocycles. The first-order valence-corrected chi connectivity index (χ1v) is 10.3. The van der Waals surface area contributed by atoms with Gasteiger partial charge >= 0.3 is 0 Å². The van der Waals surface area contributed by atoms with Gasteiger partial charge in [0.15, 0.2) is 0 Å². The van der Waals surface area contributed by atoms with Gasteiger partial charge in [0.25, 0.3) is 0 Å². The number of hydrogen-bond donors (Lipinski definition) is 3. The molecule has 4 rings (SSSR count). The van der Waals surface area contributed by atoms with Crippen LogP contribution in [0.25, 0.3) is 5.70 Å². The number of anilines is 1. The molecule has 1 aromatic heterocycles. The smallest absolute Gasteiger partial charge is 0.135 e. The Morgan fingerprint density at radius 1 is 1.18 bits per heavy atom. The third kappa shape index (κ3) is 5.64. The summed E-state index contributed by atoms with van der Waals surface area (Å²) in [6, 6.07) is 12.6. The maximum Gasteiger partial charge on any atom is 0.135 e. The van der Waals surface area contributed by atoms with Gasteiger partial charge in [-0.25, -0.2) is 18.9 Å². The van der Waals surface area contributed by atoms with Crippen molar-refractivity contribution >= 4 is 17.7 Å². The molecule has 1 atom stereocenters. The number of nitrogens with zero attached hydrogens (tertiary/aromatic N) is 3. The fraction of sp³-hybridized carbons (Fsp3) is 0.167. The van der Waals surface area contributed by atoms with E-state index in [-0.39, 0.29) is 12.7 Å². The summed E-state index contributed by atoms with van der Waals surface area (Å²) in [5, 5.41) is 12.1. The van der Waals surface area contributed by atoms with Crippen molar-refractivity contribution in [3.63, 3.8) is 0 Å². The van der Waals surface area contributed by atoms with Crippen molar-refractivity contribution in [3.05, 3.63) is 89.6 Å². The fourth-order valence-electron chi connectivity index (χ4n) is 3.41. The lowest BCUT2D eigenvalue weighted by molar-refractivity contribution is 0.269. The topological polar surface area (TPSA) is 73.8 Å². The normalized spacial score (nSPS) is 14.9.